The summed E-state index contributed by atoms with van der Waals surface area (Å²) in [5, 5.41) is 0. The number of aromatic nitrogens is 1. The van der Waals surface area contributed by atoms with Crippen LogP contribution in [0.2, 0.25) is 0 Å². The van der Waals surface area contributed by atoms with Crippen molar-refractivity contribution in [3.63, 3.8) is 0 Å². The molecule has 0 saturated heterocycles. The standard InChI is InChI=1S/C8H10N2O.C2H6/c1-2-7(11)6-3-4-8(9)10-5-6;1-2/h3-5H,2H2,1H3,(H2,9,10);1-2H3. The van der Waals surface area contributed by atoms with E-state index in [0.717, 1.165) is 0 Å². The van der Waals surface area contributed by atoms with Crippen molar-refractivity contribution in [3.05, 3.63) is 23.9 Å². The van der Waals surface area contributed by atoms with E-state index in [1.165, 1.54) is 6.20 Å². The van der Waals surface area contributed by atoms with E-state index in [-0.39, 0.29) is 5.78 Å². The molecule has 0 unspecified atom stereocenters. The lowest BCUT2D eigenvalue weighted by Gasteiger charge is -1.96. The summed E-state index contributed by atoms with van der Waals surface area (Å²) in [7, 11) is 0. The van der Waals surface area contributed by atoms with Crippen LogP contribution < -0.4 is 5.73 Å². The number of ketones is 1. The monoisotopic (exact) mass is 180 g/mol. The Kier molecular flexibility index (Phi) is 5.52. The van der Waals surface area contributed by atoms with Gasteiger partial charge in [-0.05, 0) is 12.1 Å². The van der Waals surface area contributed by atoms with Crippen molar-refractivity contribution >= 4 is 11.6 Å². The van der Waals surface area contributed by atoms with Crippen LogP contribution in [0.5, 0.6) is 0 Å². The van der Waals surface area contributed by atoms with Crippen molar-refractivity contribution in [2.24, 2.45) is 0 Å². The summed E-state index contributed by atoms with van der Waals surface area (Å²) in [4.78, 5) is 14.8. The van der Waals surface area contributed by atoms with Crippen molar-refractivity contribution in [1.29, 1.82) is 0 Å². The van der Waals surface area contributed by atoms with Crippen molar-refractivity contribution in [2.75, 3.05) is 5.73 Å². The molecule has 0 amide bonds. The number of anilines is 1. The highest BCUT2D eigenvalue weighted by molar-refractivity contribution is 5.95. The highest BCUT2D eigenvalue weighted by Crippen LogP contribution is 2.03. The van der Waals surface area contributed by atoms with Gasteiger partial charge in [0.25, 0.3) is 0 Å². The maximum atomic E-state index is 11.0. The van der Waals surface area contributed by atoms with Gasteiger partial charge in [0.15, 0.2) is 5.78 Å². The summed E-state index contributed by atoms with van der Waals surface area (Å²) in [6, 6.07) is 3.32. The Balaban J connectivity index is 0.000000671. The summed E-state index contributed by atoms with van der Waals surface area (Å²) < 4.78 is 0. The Morgan fingerprint density at radius 3 is 2.46 bits per heavy atom. The van der Waals surface area contributed by atoms with Gasteiger partial charge < -0.3 is 5.73 Å². The molecule has 0 saturated carbocycles. The maximum Gasteiger partial charge on any atom is 0.164 e. The third-order valence-electron chi connectivity index (χ3n) is 1.43. The molecule has 1 heterocycles. The third-order valence-corrected chi connectivity index (χ3v) is 1.43. The van der Waals surface area contributed by atoms with Crippen LogP contribution in [0.4, 0.5) is 5.82 Å². The van der Waals surface area contributed by atoms with E-state index >= 15 is 0 Å². The van der Waals surface area contributed by atoms with Crippen LogP contribution in [-0.4, -0.2) is 10.8 Å². The Hall–Kier alpha value is -1.38. The first-order chi connectivity index (χ1) is 6.24. The molecule has 0 aliphatic carbocycles. The first kappa shape index (κ1) is 11.6. The van der Waals surface area contributed by atoms with Crippen LogP contribution in [0.3, 0.4) is 0 Å². The molecule has 0 aromatic carbocycles. The minimum absolute atomic E-state index is 0.0949. The zero-order valence-electron chi connectivity index (χ0n) is 8.37. The van der Waals surface area contributed by atoms with Gasteiger partial charge in [-0.2, -0.15) is 0 Å². The quantitative estimate of drug-likeness (QED) is 0.710. The highest BCUT2D eigenvalue weighted by Gasteiger charge is 2.01. The SMILES string of the molecule is CC.CCC(=O)c1ccc(N)nc1. The van der Waals surface area contributed by atoms with Gasteiger partial charge >= 0.3 is 0 Å². The Labute approximate surface area is 79.0 Å². The molecule has 0 spiro atoms. The number of carbonyl (C=O) groups is 1. The van der Waals surface area contributed by atoms with Crippen LogP contribution in [0.1, 0.15) is 37.6 Å². The molecule has 2 N–H and O–H groups in total. The number of Topliss-reactive ketones (excluding diaryl/α,β-unsaturated/α-hetero) is 1. The maximum absolute atomic E-state index is 11.0. The lowest BCUT2D eigenvalue weighted by atomic mass is 10.1. The molecule has 13 heavy (non-hydrogen) atoms. The average Bonchev–Trinajstić information content (AvgIpc) is 2.21. The number of hydrogen-bond donors (Lipinski definition) is 1. The number of nitrogens with two attached hydrogens (primary N) is 1. The lowest BCUT2D eigenvalue weighted by Crippen LogP contribution is -1.98. The number of hydrogen-bond acceptors (Lipinski definition) is 3. The molecule has 3 nitrogen and oxygen atoms in total. The summed E-state index contributed by atoms with van der Waals surface area (Å²) in [6.45, 7) is 5.82. The molecule has 1 aromatic rings. The predicted octanol–water partition coefficient (Wildman–Crippen LogP) is 2.28. The molecule has 3 heteroatoms. The number of nitrogens with zero attached hydrogens (tertiary/aromatic N) is 1. The van der Waals surface area contributed by atoms with Gasteiger partial charge in [0.2, 0.25) is 0 Å². The Bertz CT molecular complexity index is 254. The fourth-order valence-corrected chi connectivity index (χ4v) is 0.774. The van der Waals surface area contributed by atoms with E-state index in [9.17, 15) is 4.79 Å². The van der Waals surface area contributed by atoms with Crippen LogP contribution in [0.15, 0.2) is 18.3 Å². The largest absolute Gasteiger partial charge is 0.384 e. The summed E-state index contributed by atoms with van der Waals surface area (Å²) in [5.74, 6) is 0.537. The van der Waals surface area contributed by atoms with E-state index in [4.69, 9.17) is 5.73 Å². The minimum atomic E-state index is 0.0949. The van der Waals surface area contributed by atoms with Crippen molar-refractivity contribution < 1.29 is 4.79 Å². The highest BCUT2D eigenvalue weighted by atomic mass is 16.1. The number of carbonyl (C=O) groups excluding carboxylic acids is 1. The molecule has 0 fully saturated rings. The predicted molar refractivity (Wildman–Crippen MR) is 54.6 cm³/mol. The first-order valence-electron chi connectivity index (χ1n) is 4.48. The van der Waals surface area contributed by atoms with Gasteiger partial charge in [0.1, 0.15) is 5.82 Å². The van der Waals surface area contributed by atoms with Crippen molar-refractivity contribution in [1.82, 2.24) is 4.98 Å². The molecule has 0 aliphatic heterocycles. The summed E-state index contributed by atoms with van der Waals surface area (Å²) in [5.41, 5.74) is 5.97. The van der Waals surface area contributed by atoms with Crippen LogP contribution in [0.25, 0.3) is 0 Å². The van der Waals surface area contributed by atoms with Gasteiger partial charge in [-0.25, -0.2) is 4.98 Å². The summed E-state index contributed by atoms with van der Waals surface area (Å²) in [6.07, 6.45) is 2.01. The molecule has 72 valence electrons. The van der Waals surface area contributed by atoms with Gasteiger partial charge in [-0.1, -0.05) is 20.8 Å². The zero-order chi connectivity index (χ0) is 10.3. The fraction of sp³-hybridized carbons (Fsp3) is 0.400. The Morgan fingerprint density at radius 2 is 2.08 bits per heavy atom. The van der Waals surface area contributed by atoms with Gasteiger partial charge in [0, 0.05) is 18.2 Å². The lowest BCUT2D eigenvalue weighted by molar-refractivity contribution is 0.0988. The van der Waals surface area contributed by atoms with E-state index in [1.807, 2.05) is 20.8 Å². The topological polar surface area (TPSA) is 56.0 Å². The molecular formula is C10H16N2O. The van der Waals surface area contributed by atoms with Gasteiger partial charge in [0.05, 0.1) is 0 Å². The minimum Gasteiger partial charge on any atom is -0.384 e. The van der Waals surface area contributed by atoms with Gasteiger partial charge in [-0.15, -0.1) is 0 Å². The molecule has 0 aliphatic rings. The zero-order valence-corrected chi connectivity index (χ0v) is 8.37. The van der Waals surface area contributed by atoms with Crippen LogP contribution in [-0.2, 0) is 0 Å². The van der Waals surface area contributed by atoms with Gasteiger partial charge in [-0.3, -0.25) is 4.79 Å². The first-order valence-corrected chi connectivity index (χ1v) is 4.48. The second kappa shape index (κ2) is 6.17. The van der Waals surface area contributed by atoms with E-state index in [0.29, 0.717) is 17.8 Å². The molecule has 0 atom stereocenters. The number of pyridine rings is 1. The smallest absolute Gasteiger partial charge is 0.164 e. The Morgan fingerprint density at radius 1 is 1.46 bits per heavy atom. The van der Waals surface area contributed by atoms with Crippen molar-refractivity contribution in [3.8, 4) is 0 Å². The fourth-order valence-electron chi connectivity index (χ4n) is 0.774. The van der Waals surface area contributed by atoms with Crippen LogP contribution in [0, 0.1) is 0 Å². The second-order valence-corrected chi connectivity index (χ2v) is 2.25. The van der Waals surface area contributed by atoms with E-state index < -0.39 is 0 Å². The van der Waals surface area contributed by atoms with Crippen molar-refractivity contribution in [2.45, 2.75) is 27.2 Å². The summed E-state index contributed by atoms with van der Waals surface area (Å²) >= 11 is 0. The second-order valence-electron chi connectivity index (χ2n) is 2.25. The molecule has 1 rings (SSSR count). The molecular weight excluding hydrogens is 164 g/mol. The third kappa shape index (κ3) is 3.69. The molecule has 0 bridgehead atoms. The normalized spacial score (nSPS) is 8.54. The van der Waals surface area contributed by atoms with Crippen LogP contribution >= 0.6 is 0 Å². The number of rotatable bonds is 2. The average molecular weight is 180 g/mol. The molecule has 1 aromatic heterocycles. The molecule has 0 radical (unpaired) electrons. The van der Waals surface area contributed by atoms with E-state index in [2.05, 4.69) is 4.98 Å². The van der Waals surface area contributed by atoms with E-state index in [1.54, 1.807) is 12.1 Å². The number of nitrogen functional groups attached to an aromatic ring is 1.